The monoisotopic (exact) mass is 485 g/mol. The van der Waals surface area contributed by atoms with E-state index in [0.717, 1.165) is 41.0 Å². The zero-order valence-electron chi connectivity index (χ0n) is 20.7. The van der Waals surface area contributed by atoms with Crippen molar-refractivity contribution in [3.8, 4) is 17.2 Å². The predicted octanol–water partition coefficient (Wildman–Crippen LogP) is 5.20. The van der Waals surface area contributed by atoms with Gasteiger partial charge in [0.25, 0.3) is 0 Å². The van der Waals surface area contributed by atoms with Crippen LogP contribution in [0.5, 0.6) is 0 Å². The molecule has 6 rings (SSSR count). The predicted molar refractivity (Wildman–Crippen MR) is 143 cm³/mol. The molecule has 4 aromatic rings. The van der Waals surface area contributed by atoms with Crippen LogP contribution in [0, 0.1) is 18.3 Å². The SMILES string of the molecule is Cc1cccnc1CN1CC[C@@]2(C(=O)Nc3ncc(C#N)cc32)[C@@H](c2ccc(-c3ccccc3)cc2)C1. The van der Waals surface area contributed by atoms with Gasteiger partial charge in [0.15, 0.2) is 0 Å². The van der Waals surface area contributed by atoms with E-state index in [4.69, 9.17) is 0 Å². The summed E-state index contributed by atoms with van der Waals surface area (Å²) in [5, 5.41) is 12.6. The van der Waals surface area contributed by atoms with Gasteiger partial charge in [0.2, 0.25) is 5.91 Å². The minimum atomic E-state index is -0.779. The molecule has 0 radical (unpaired) electrons. The van der Waals surface area contributed by atoms with Crippen LogP contribution in [-0.4, -0.2) is 33.9 Å². The van der Waals surface area contributed by atoms with Crippen LogP contribution < -0.4 is 5.32 Å². The lowest BCUT2D eigenvalue weighted by molar-refractivity contribution is -0.123. The third-order valence-electron chi connectivity index (χ3n) is 7.90. The second kappa shape index (κ2) is 9.27. The lowest BCUT2D eigenvalue weighted by atomic mass is 9.64. The molecule has 2 aliphatic heterocycles. The molecule has 1 fully saturated rings. The zero-order chi connectivity index (χ0) is 25.4. The number of carbonyl (C=O) groups excluding carboxylic acids is 1. The molecule has 2 atom stereocenters. The van der Waals surface area contributed by atoms with E-state index < -0.39 is 5.41 Å². The Labute approximate surface area is 216 Å². The molecule has 2 aliphatic rings. The number of nitrogens with one attached hydrogen (secondary N) is 1. The highest BCUT2D eigenvalue weighted by Crippen LogP contribution is 2.51. The Kier molecular flexibility index (Phi) is 5.78. The van der Waals surface area contributed by atoms with Crippen molar-refractivity contribution in [3.63, 3.8) is 0 Å². The van der Waals surface area contributed by atoms with Crippen LogP contribution in [0.2, 0.25) is 0 Å². The molecular formula is C31H27N5O. The summed E-state index contributed by atoms with van der Waals surface area (Å²) in [6.07, 6.45) is 4.00. The van der Waals surface area contributed by atoms with Gasteiger partial charge in [-0.3, -0.25) is 14.7 Å². The highest BCUT2D eigenvalue weighted by Gasteiger charge is 2.55. The van der Waals surface area contributed by atoms with Crippen molar-refractivity contribution in [2.45, 2.75) is 31.2 Å². The lowest BCUT2D eigenvalue weighted by Crippen LogP contribution is -2.52. The smallest absolute Gasteiger partial charge is 0.237 e. The molecule has 37 heavy (non-hydrogen) atoms. The number of carbonyl (C=O) groups is 1. The number of nitriles is 1. The first-order chi connectivity index (χ1) is 18.1. The summed E-state index contributed by atoms with van der Waals surface area (Å²) in [4.78, 5) is 25.2. The van der Waals surface area contributed by atoms with Gasteiger partial charge in [0.1, 0.15) is 11.9 Å². The molecule has 0 bridgehead atoms. The summed E-state index contributed by atoms with van der Waals surface area (Å²) >= 11 is 0. The molecule has 2 aromatic heterocycles. The molecule has 4 heterocycles. The molecule has 1 spiro atoms. The molecule has 6 nitrogen and oxygen atoms in total. The Hall–Kier alpha value is -4.34. The second-order valence-corrected chi connectivity index (χ2v) is 9.95. The first-order valence-corrected chi connectivity index (χ1v) is 12.6. The summed E-state index contributed by atoms with van der Waals surface area (Å²) < 4.78 is 0. The maximum atomic E-state index is 13.7. The third-order valence-corrected chi connectivity index (χ3v) is 7.90. The van der Waals surface area contributed by atoms with Crippen LogP contribution in [0.4, 0.5) is 5.82 Å². The minimum Gasteiger partial charge on any atom is -0.310 e. The highest BCUT2D eigenvalue weighted by molar-refractivity contribution is 6.06. The Bertz CT molecular complexity index is 1510. The van der Waals surface area contributed by atoms with Crippen molar-refractivity contribution < 1.29 is 4.79 Å². The number of hydrogen-bond acceptors (Lipinski definition) is 5. The van der Waals surface area contributed by atoms with E-state index in [1.165, 1.54) is 11.8 Å². The van der Waals surface area contributed by atoms with Crippen LogP contribution in [-0.2, 0) is 16.8 Å². The number of likely N-dealkylation sites (tertiary alicyclic amines) is 1. The Balaban J connectivity index is 1.42. The van der Waals surface area contributed by atoms with E-state index >= 15 is 0 Å². The summed E-state index contributed by atoms with van der Waals surface area (Å²) in [6, 6.07) is 27.0. The summed E-state index contributed by atoms with van der Waals surface area (Å²) in [6.45, 7) is 4.26. The van der Waals surface area contributed by atoms with Crippen LogP contribution in [0.3, 0.4) is 0 Å². The molecule has 182 valence electrons. The van der Waals surface area contributed by atoms with Gasteiger partial charge in [-0.1, -0.05) is 60.7 Å². The van der Waals surface area contributed by atoms with E-state index in [1.807, 2.05) is 36.5 Å². The van der Waals surface area contributed by atoms with Crippen LogP contribution in [0.15, 0.2) is 85.2 Å². The number of anilines is 1. The molecule has 2 aromatic carbocycles. The van der Waals surface area contributed by atoms with Crippen molar-refractivity contribution in [2.24, 2.45) is 0 Å². The number of benzene rings is 2. The van der Waals surface area contributed by atoms with Gasteiger partial charge in [-0.25, -0.2) is 4.98 Å². The number of fused-ring (bicyclic) bond motifs is 2. The molecular weight excluding hydrogens is 458 g/mol. The van der Waals surface area contributed by atoms with Gasteiger partial charge in [0, 0.05) is 37.0 Å². The number of aryl methyl sites for hydroxylation is 1. The zero-order valence-corrected chi connectivity index (χ0v) is 20.7. The van der Waals surface area contributed by atoms with Crippen molar-refractivity contribution >= 4 is 11.7 Å². The van der Waals surface area contributed by atoms with Gasteiger partial charge < -0.3 is 5.32 Å². The fraction of sp³-hybridized carbons (Fsp3) is 0.226. The maximum Gasteiger partial charge on any atom is 0.237 e. The van der Waals surface area contributed by atoms with Crippen molar-refractivity contribution in [3.05, 3.63) is 113 Å². The topological polar surface area (TPSA) is 81.9 Å². The average Bonchev–Trinajstić information content (AvgIpc) is 3.22. The molecule has 1 N–H and O–H groups in total. The quantitative estimate of drug-likeness (QED) is 0.430. The molecule has 0 saturated carbocycles. The van der Waals surface area contributed by atoms with Gasteiger partial charge in [-0.2, -0.15) is 5.26 Å². The largest absolute Gasteiger partial charge is 0.310 e. The summed E-state index contributed by atoms with van der Waals surface area (Å²) in [5.74, 6) is 0.437. The van der Waals surface area contributed by atoms with Crippen LogP contribution in [0.1, 0.15) is 40.3 Å². The van der Waals surface area contributed by atoms with Crippen molar-refractivity contribution in [2.75, 3.05) is 18.4 Å². The second-order valence-electron chi connectivity index (χ2n) is 9.95. The van der Waals surface area contributed by atoms with Gasteiger partial charge in [0.05, 0.1) is 16.7 Å². The van der Waals surface area contributed by atoms with Gasteiger partial charge >= 0.3 is 0 Å². The summed E-state index contributed by atoms with van der Waals surface area (Å²) in [5.41, 5.74) is 6.15. The van der Waals surface area contributed by atoms with E-state index in [-0.39, 0.29) is 11.8 Å². The van der Waals surface area contributed by atoms with Gasteiger partial charge in [-0.15, -0.1) is 0 Å². The van der Waals surface area contributed by atoms with E-state index in [1.54, 1.807) is 0 Å². The Morgan fingerprint density at radius 3 is 2.59 bits per heavy atom. The van der Waals surface area contributed by atoms with Gasteiger partial charge in [-0.05, 0) is 54.3 Å². The fourth-order valence-corrected chi connectivity index (χ4v) is 5.88. The number of rotatable bonds is 4. The van der Waals surface area contributed by atoms with Crippen molar-refractivity contribution in [1.82, 2.24) is 14.9 Å². The molecule has 1 amide bonds. The van der Waals surface area contributed by atoms with E-state index in [0.29, 0.717) is 24.3 Å². The first kappa shape index (κ1) is 23.1. The number of nitrogens with zero attached hydrogens (tertiary/aromatic N) is 4. The standard InChI is InChI=1S/C31H27N5O/c1-21-6-5-14-33-28(21)20-36-15-13-31(26-16-22(17-32)18-34-29(26)35-30(31)37)27(19-36)25-11-9-24(10-12-25)23-7-3-2-4-8-23/h2-12,14,16,18,27H,13,15,19-20H2,1H3,(H,34,35,37)/t27-,31+/m1/s1. The lowest BCUT2D eigenvalue weighted by Gasteiger charge is -2.45. The van der Waals surface area contributed by atoms with Crippen LogP contribution in [0.25, 0.3) is 11.1 Å². The highest BCUT2D eigenvalue weighted by atomic mass is 16.2. The number of amides is 1. The van der Waals surface area contributed by atoms with E-state index in [2.05, 4.69) is 75.6 Å². The molecule has 0 unspecified atom stereocenters. The first-order valence-electron chi connectivity index (χ1n) is 12.6. The van der Waals surface area contributed by atoms with Crippen molar-refractivity contribution in [1.29, 1.82) is 5.26 Å². The molecule has 6 heteroatoms. The maximum absolute atomic E-state index is 13.7. The summed E-state index contributed by atoms with van der Waals surface area (Å²) in [7, 11) is 0. The molecule has 1 saturated heterocycles. The minimum absolute atomic E-state index is 0.0316. The van der Waals surface area contributed by atoms with Crippen LogP contribution >= 0.6 is 0 Å². The normalized spacial score (nSPS) is 20.9. The van der Waals surface area contributed by atoms with E-state index in [9.17, 15) is 10.1 Å². The number of aromatic nitrogens is 2. The molecule has 0 aliphatic carbocycles. The number of piperidine rings is 1. The fourth-order valence-electron chi connectivity index (χ4n) is 5.88. The Morgan fingerprint density at radius 2 is 1.84 bits per heavy atom. The average molecular weight is 486 g/mol. The number of pyridine rings is 2. The third kappa shape index (κ3) is 3.98. The Morgan fingerprint density at radius 1 is 1.05 bits per heavy atom. The number of hydrogen-bond donors (Lipinski definition) is 1.